The molecule has 0 unspecified atom stereocenters. The number of hydrogen-bond acceptors (Lipinski definition) is 4. The molecule has 2 aromatic rings. The predicted octanol–water partition coefficient (Wildman–Crippen LogP) is 3.22. The van der Waals surface area contributed by atoms with Crippen molar-refractivity contribution in [1.29, 1.82) is 0 Å². The molecule has 0 fully saturated rings. The maximum Gasteiger partial charge on any atom is 0.319 e. The van der Waals surface area contributed by atoms with Gasteiger partial charge in [0.1, 0.15) is 11.5 Å². The molecule has 6 heteroatoms. The second-order valence-electron chi connectivity index (χ2n) is 4.68. The highest BCUT2D eigenvalue weighted by molar-refractivity contribution is 5.89. The van der Waals surface area contributed by atoms with E-state index in [0.29, 0.717) is 11.4 Å². The van der Waals surface area contributed by atoms with Crippen LogP contribution in [0.1, 0.15) is 0 Å². The van der Waals surface area contributed by atoms with Crippen molar-refractivity contribution in [1.82, 2.24) is 5.32 Å². The summed E-state index contributed by atoms with van der Waals surface area (Å²) in [5.41, 5.74) is 0.661. The molecule has 0 heterocycles. The summed E-state index contributed by atoms with van der Waals surface area (Å²) in [5.74, 6) is 1.46. The Hall–Kier alpha value is -2.57. The number of para-hydroxylation sites is 1. The number of rotatable bonds is 7. The van der Waals surface area contributed by atoms with Gasteiger partial charge in [-0.15, -0.1) is 0 Å². The van der Waals surface area contributed by atoms with Crippen molar-refractivity contribution in [3.63, 3.8) is 0 Å². The topological polar surface area (TPSA) is 68.8 Å². The molecule has 122 valence electrons. The second-order valence-corrected chi connectivity index (χ2v) is 4.68. The molecule has 0 radical (unpaired) electrons. The number of amides is 2. The standard InChI is InChI=1S/C17H20N2O4/c1-21-16(22-2)12-18-17(20)19-13-8-10-15(11-9-13)23-14-6-4-3-5-7-14/h3-11,16H,12H2,1-2H3,(H2,18,19,20). The highest BCUT2D eigenvalue weighted by Crippen LogP contribution is 2.22. The van der Waals surface area contributed by atoms with Crippen LogP contribution in [-0.4, -0.2) is 33.1 Å². The van der Waals surface area contributed by atoms with Crippen LogP contribution in [0.4, 0.5) is 10.5 Å². The lowest BCUT2D eigenvalue weighted by Crippen LogP contribution is -2.36. The van der Waals surface area contributed by atoms with E-state index in [4.69, 9.17) is 14.2 Å². The SMILES string of the molecule is COC(CNC(=O)Nc1ccc(Oc2ccccc2)cc1)OC. The Morgan fingerprint density at radius 1 is 0.957 bits per heavy atom. The van der Waals surface area contributed by atoms with E-state index in [1.165, 1.54) is 14.2 Å². The summed E-state index contributed by atoms with van der Waals surface area (Å²) >= 11 is 0. The molecule has 2 aromatic carbocycles. The molecule has 0 aliphatic rings. The van der Waals surface area contributed by atoms with E-state index in [1.54, 1.807) is 24.3 Å². The third-order valence-corrected chi connectivity index (χ3v) is 3.05. The minimum Gasteiger partial charge on any atom is -0.457 e. The van der Waals surface area contributed by atoms with Crippen LogP contribution in [0.5, 0.6) is 11.5 Å². The number of nitrogens with one attached hydrogen (secondary N) is 2. The largest absolute Gasteiger partial charge is 0.457 e. The van der Waals surface area contributed by atoms with Gasteiger partial charge in [0.05, 0.1) is 6.54 Å². The van der Waals surface area contributed by atoms with E-state index in [0.717, 1.165) is 5.75 Å². The minimum atomic E-state index is -0.470. The predicted molar refractivity (Wildman–Crippen MR) is 87.8 cm³/mol. The summed E-state index contributed by atoms with van der Waals surface area (Å²) in [4.78, 5) is 11.8. The first kappa shape index (κ1) is 16.8. The number of carbonyl (C=O) groups is 1. The zero-order chi connectivity index (χ0) is 16.5. The normalized spacial score (nSPS) is 10.4. The number of hydrogen-bond donors (Lipinski definition) is 2. The highest BCUT2D eigenvalue weighted by atomic mass is 16.7. The van der Waals surface area contributed by atoms with Gasteiger partial charge in [0.25, 0.3) is 0 Å². The van der Waals surface area contributed by atoms with Crippen LogP contribution in [0, 0.1) is 0 Å². The van der Waals surface area contributed by atoms with Crippen molar-refractivity contribution in [2.45, 2.75) is 6.29 Å². The summed E-state index contributed by atoms with van der Waals surface area (Å²) in [6.07, 6.45) is -0.470. The fraction of sp³-hybridized carbons (Fsp3) is 0.235. The molecule has 0 aliphatic carbocycles. The molecule has 0 saturated carbocycles. The van der Waals surface area contributed by atoms with Crippen LogP contribution in [0.3, 0.4) is 0 Å². The fourth-order valence-electron chi connectivity index (χ4n) is 1.85. The van der Waals surface area contributed by atoms with Gasteiger partial charge in [0.15, 0.2) is 6.29 Å². The zero-order valence-electron chi connectivity index (χ0n) is 13.1. The average Bonchev–Trinajstić information content (AvgIpc) is 2.58. The zero-order valence-corrected chi connectivity index (χ0v) is 13.1. The Balaban J connectivity index is 1.83. The van der Waals surface area contributed by atoms with Crippen LogP contribution < -0.4 is 15.4 Å². The van der Waals surface area contributed by atoms with Gasteiger partial charge in [-0.05, 0) is 36.4 Å². The van der Waals surface area contributed by atoms with E-state index < -0.39 is 6.29 Å². The number of carbonyl (C=O) groups excluding carboxylic acids is 1. The van der Waals surface area contributed by atoms with Crippen molar-refractivity contribution in [3.8, 4) is 11.5 Å². The van der Waals surface area contributed by atoms with Gasteiger partial charge in [-0.2, -0.15) is 0 Å². The first-order valence-electron chi connectivity index (χ1n) is 7.14. The van der Waals surface area contributed by atoms with Gasteiger partial charge in [-0.25, -0.2) is 4.79 Å². The molecule has 6 nitrogen and oxygen atoms in total. The van der Waals surface area contributed by atoms with Crippen molar-refractivity contribution in [2.24, 2.45) is 0 Å². The smallest absolute Gasteiger partial charge is 0.319 e. The molecular formula is C17H20N2O4. The van der Waals surface area contributed by atoms with Crippen molar-refractivity contribution in [2.75, 3.05) is 26.1 Å². The Labute approximate surface area is 135 Å². The van der Waals surface area contributed by atoms with Gasteiger partial charge >= 0.3 is 6.03 Å². The molecular weight excluding hydrogens is 296 g/mol. The van der Waals surface area contributed by atoms with Crippen LogP contribution >= 0.6 is 0 Å². The average molecular weight is 316 g/mol. The lowest BCUT2D eigenvalue weighted by Gasteiger charge is -2.14. The van der Waals surface area contributed by atoms with Crippen LogP contribution in [0.15, 0.2) is 54.6 Å². The maximum atomic E-state index is 11.8. The number of urea groups is 1. The highest BCUT2D eigenvalue weighted by Gasteiger charge is 2.08. The third kappa shape index (κ3) is 5.61. The van der Waals surface area contributed by atoms with Crippen molar-refractivity contribution in [3.05, 3.63) is 54.6 Å². The van der Waals surface area contributed by atoms with Gasteiger partial charge in [-0.3, -0.25) is 0 Å². The van der Waals surface area contributed by atoms with E-state index in [-0.39, 0.29) is 12.6 Å². The number of benzene rings is 2. The molecule has 23 heavy (non-hydrogen) atoms. The molecule has 0 atom stereocenters. The number of methoxy groups -OCH3 is 2. The van der Waals surface area contributed by atoms with Gasteiger partial charge in [0.2, 0.25) is 0 Å². The van der Waals surface area contributed by atoms with Crippen LogP contribution in [0.25, 0.3) is 0 Å². The van der Waals surface area contributed by atoms with Crippen LogP contribution in [-0.2, 0) is 9.47 Å². The van der Waals surface area contributed by atoms with E-state index in [9.17, 15) is 4.79 Å². The molecule has 0 aliphatic heterocycles. The number of ether oxygens (including phenoxy) is 3. The molecule has 0 aromatic heterocycles. The van der Waals surface area contributed by atoms with Crippen molar-refractivity contribution >= 4 is 11.7 Å². The summed E-state index contributed by atoms with van der Waals surface area (Å²) in [6.45, 7) is 0.258. The van der Waals surface area contributed by atoms with Gasteiger partial charge < -0.3 is 24.8 Å². The Morgan fingerprint density at radius 2 is 1.57 bits per heavy atom. The van der Waals surface area contributed by atoms with Gasteiger partial charge in [0, 0.05) is 19.9 Å². The van der Waals surface area contributed by atoms with E-state index in [2.05, 4.69) is 10.6 Å². The van der Waals surface area contributed by atoms with E-state index in [1.807, 2.05) is 30.3 Å². The Kier molecular flexibility index (Phi) is 6.40. The van der Waals surface area contributed by atoms with E-state index >= 15 is 0 Å². The lowest BCUT2D eigenvalue weighted by atomic mass is 10.3. The second kappa shape index (κ2) is 8.77. The summed E-state index contributed by atoms with van der Waals surface area (Å²) in [6, 6.07) is 16.3. The quantitative estimate of drug-likeness (QED) is 0.770. The first-order valence-corrected chi connectivity index (χ1v) is 7.14. The van der Waals surface area contributed by atoms with Crippen LogP contribution in [0.2, 0.25) is 0 Å². The summed E-state index contributed by atoms with van der Waals surface area (Å²) < 4.78 is 15.7. The Morgan fingerprint density at radius 3 is 2.17 bits per heavy atom. The summed E-state index contributed by atoms with van der Waals surface area (Å²) in [5, 5.41) is 5.38. The molecule has 0 bridgehead atoms. The molecule has 2 amide bonds. The number of anilines is 1. The first-order chi connectivity index (χ1) is 11.2. The molecule has 0 saturated heterocycles. The maximum absolute atomic E-state index is 11.8. The Bertz CT molecular complexity index is 598. The fourth-order valence-corrected chi connectivity index (χ4v) is 1.85. The monoisotopic (exact) mass is 316 g/mol. The molecule has 2 N–H and O–H groups in total. The summed E-state index contributed by atoms with van der Waals surface area (Å²) in [7, 11) is 3.03. The van der Waals surface area contributed by atoms with Crippen molar-refractivity contribution < 1.29 is 19.0 Å². The van der Waals surface area contributed by atoms with Gasteiger partial charge in [-0.1, -0.05) is 18.2 Å². The minimum absolute atomic E-state index is 0.258. The molecule has 2 rings (SSSR count). The third-order valence-electron chi connectivity index (χ3n) is 3.05. The molecule has 0 spiro atoms. The lowest BCUT2D eigenvalue weighted by molar-refractivity contribution is -0.0970.